The quantitative estimate of drug-likeness (QED) is 0.722. The Hall–Kier alpha value is -1.98. The number of rotatable bonds is 5. The van der Waals surface area contributed by atoms with Crippen LogP contribution in [-0.2, 0) is 32.5 Å². The normalized spacial score (nSPS) is 18.6. The molecule has 0 radical (unpaired) electrons. The molecule has 0 bridgehead atoms. The van der Waals surface area contributed by atoms with Gasteiger partial charge >= 0.3 is 0 Å². The number of anilines is 1. The Kier molecular flexibility index (Phi) is 6.12. The third-order valence-corrected chi connectivity index (χ3v) is 8.09. The summed E-state index contributed by atoms with van der Waals surface area (Å²) < 4.78 is 31.5. The molecule has 0 saturated carbocycles. The minimum atomic E-state index is -4.00. The van der Waals surface area contributed by atoms with Gasteiger partial charge < -0.3 is 10.1 Å². The Morgan fingerprint density at radius 2 is 1.97 bits per heavy atom. The van der Waals surface area contributed by atoms with Crippen LogP contribution in [0.15, 0.2) is 40.3 Å². The van der Waals surface area contributed by atoms with E-state index in [0.717, 1.165) is 23.5 Å². The SMILES string of the molecule is CN1N=C(C(=O)NCc2ccc(Cl)cc2)S(=O)(=O)c2cc(CN3CCOCC3)sc21. The highest BCUT2D eigenvalue weighted by atomic mass is 35.5. The van der Waals surface area contributed by atoms with Crippen LogP contribution in [0.4, 0.5) is 5.00 Å². The summed E-state index contributed by atoms with van der Waals surface area (Å²) in [6.07, 6.45) is 0. The molecule has 2 aromatic rings. The number of morpholine rings is 1. The Balaban J connectivity index is 1.51. The summed E-state index contributed by atoms with van der Waals surface area (Å²) in [5.41, 5.74) is 0.805. The lowest BCUT2D eigenvalue weighted by Gasteiger charge is -2.25. The van der Waals surface area contributed by atoms with Crippen LogP contribution in [-0.4, -0.2) is 57.6 Å². The lowest BCUT2D eigenvalue weighted by molar-refractivity contribution is -0.114. The molecule has 0 aliphatic carbocycles. The molecule has 11 heteroatoms. The van der Waals surface area contributed by atoms with Gasteiger partial charge in [-0.3, -0.25) is 14.7 Å². The van der Waals surface area contributed by atoms with Crippen molar-refractivity contribution >= 4 is 48.7 Å². The predicted octanol–water partition coefficient (Wildman–Crippen LogP) is 2.09. The number of amides is 1. The van der Waals surface area contributed by atoms with Crippen molar-refractivity contribution in [3.8, 4) is 0 Å². The fourth-order valence-corrected chi connectivity index (χ4v) is 6.33. The molecule has 1 fully saturated rings. The second-order valence-electron chi connectivity index (χ2n) is 7.01. The van der Waals surface area contributed by atoms with E-state index in [9.17, 15) is 13.2 Å². The van der Waals surface area contributed by atoms with Crippen molar-refractivity contribution in [1.29, 1.82) is 0 Å². The van der Waals surface area contributed by atoms with E-state index in [1.165, 1.54) is 16.3 Å². The molecule has 8 nitrogen and oxygen atoms in total. The van der Waals surface area contributed by atoms with Crippen molar-refractivity contribution in [1.82, 2.24) is 10.2 Å². The Bertz CT molecular complexity index is 1080. The number of hydrogen-bond donors (Lipinski definition) is 1. The summed E-state index contributed by atoms with van der Waals surface area (Å²) in [5.74, 6) is -0.733. The van der Waals surface area contributed by atoms with Crippen LogP contribution in [0.1, 0.15) is 10.4 Å². The fourth-order valence-electron chi connectivity index (χ4n) is 3.25. The number of ether oxygens (including phenoxy) is 1. The molecule has 0 spiro atoms. The third-order valence-electron chi connectivity index (χ3n) is 4.85. The van der Waals surface area contributed by atoms with Gasteiger partial charge in [-0.1, -0.05) is 23.7 Å². The van der Waals surface area contributed by atoms with E-state index in [1.54, 1.807) is 37.4 Å². The summed E-state index contributed by atoms with van der Waals surface area (Å²) in [4.78, 5) is 15.9. The second kappa shape index (κ2) is 8.64. The van der Waals surface area contributed by atoms with E-state index in [2.05, 4.69) is 15.3 Å². The highest BCUT2D eigenvalue weighted by molar-refractivity contribution is 8.08. The minimum absolute atomic E-state index is 0.130. The van der Waals surface area contributed by atoms with Gasteiger partial charge in [0.25, 0.3) is 5.91 Å². The lowest BCUT2D eigenvalue weighted by atomic mass is 10.2. The molecule has 30 heavy (non-hydrogen) atoms. The van der Waals surface area contributed by atoms with E-state index in [0.29, 0.717) is 29.8 Å². The van der Waals surface area contributed by atoms with Crippen LogP contribution < -0.4 is 10.3 Å². The minimum Gasteiger partial charge on any atom is -0.379 e. The first-order valence-electron chi connectivity index (χ1n) is 9.37. The van der Waals surface area contributed by atoms with Gasteiger partial charge in [0.1, 0.15) is 9.90 Å². The van der Waals surface area contributed by atoms with Crippen molar-refractivity contribution < 1.29 is 17.9 Å². The number of halogens is 1. The van der Waals surface area contributed by atoms with Crippen LogP contribution in [0.5, 0.6) is 0 Å². The highest BCUT2D eigenvalue weighted by Crippen LogP contribution is 2.39. The molecule has 1 saturated heterocycles. The number of fused-ring (bicyclic) bond motifs is 1. The smallest absolute Gasteiger partial charge is 0.284 e. The van der Waals surface area contributed by atoms with E-state index >= 15 is 0 Å². The monoisotopic (exact) mass is 468 g/mol. The van der Waals surface area contributed by atoms with Gasteiger partial charge in [0.2, 0.25) is 14.9 Å². The number of sulfone groups is 1. The lowest BCUT2D eigenvalue weighted by Crippen LogP contribution is -2.39. The largest absolute Gasteiger partial charge is 0.379 e. The molecule has 0 unspecified atom stereocenters. The van der Waals surface area contributed by atoms with Crippen LogP contribution in [0.2, 0.25) is 5.02 Å². The van der Waals surface area contributed by atoms with Gasteiger partial charge in [0.05, 0.1) is 13.2 Å². The van der Waals surface area contributed by atoms with E-state index < -0.39 is 20.8 Å². The summed E-state index contributed by atoms with van der Waals surface area (Å²) in [5, 5.41) is 8.77. The summed E-state index contributed by atoms with van der Waals surface area (Å²) >= 11 is 7.24. The second-order valence-corrected chi connectivity index (χ2v) is 10.4. The zero-order valence-electron chi connectivity index (χ0n) is 16.3. The van der Waals surface area contributed by atoms with Gasteiger partial charge in [-0.05, 0) is 23.8 Å². The number of hydrazone groups is 1. The first kappa shape index (κ1) is 21.3. The number of thiophene rings is 1. The molecule has 160 valence electrons. The molecule has 1 amide bonds. The third kappa shape index (κ3) is 4.37. The molecule has 2 aliphatic heterocycles. The number of carbonyl (C=O) groups excluding carboxylic acids is 1. The summed E-state index contributed by atoms with van der Waals surface area (Å²) in [6, 6.07) is 8.60. The number of nitrogens with zero attached hydrogens (tertiary/aromatic N) is 3. The molecular weight excluding hydrogens is 448 g/mol. The predicted molar refractivity (Wildman–Crippen MR) is 117 cm³/mol. The standard InChI is InChI=1S/C19H21ClN4O4S2/c1-23-19-16(10-15(29-19)12-24-6-8-28-9-7-24)30(26,27)18(22-23)17(25)21-11-13-2-4-14(20)5-3-13/h2-5,10H,6-9,11-12H2,1H3,(H,21,25). The van der Waals surface area contributed by atoms with E-state index in [-0.39, 0.29) is 11.4 Å². The number of hydrogen-bond acceptors (Lipinski definition) is 8. The maximum absolute atomic E-state index is 13.1. The molecule has 2 aliphatic rings. The van der Waals surface area contributed by atoms with Crippen LogP contribution in [0.3, 0.4) is 0 Å². The van der Waals surface area contributed by atoms with Crippen molar-refractivity contribution in [2.45, 2.75) is 18.0 Å². The fraction of sp³-hybridized carbons (Fsp3) is 0.368. The zero-order valence-corrected chi connectivity index (χ0v) is 18.7. The van der Waals surface area contributed by atoms with Crippen molar-refractivity contribution in [2.75, 3.05) is 38.4 Å². The summed E-state index contributed by atoms with van der Waals surface area (Å²) in [7, 11) is -2.36. The maximum Gasteiger partial charge on any atom is 0.284 e. The van der Waals surface area contributed by atoms with Crippen molar-refractivity contribution in [3.63, 3.8) is 0 Å². The first-order chi connectivity index (χ1) is 14.3. The zero-order chi connectivity index (χ0) is 21.3. The number of benzene rings is 1. The Labute approximate surface area is 184 Å². The van der Waals surface area contributed by atoms with Crippen molar-refractivity contribution in [2.24, 2.45) is 5.10 Å². The highest BCUT2D eigenvalue weighted by Gasteiger charge is 2.38. The first-order valence-corrected chi connectivity index (χ1v) is 12.1. The van der Waals surface area contributed by atoms with Gasteiger partial charge in [0, 0.05) is 43.1 Å². The average Bonchev–Trinajstić information content (AvgIpc) is 3.16. The van der Waals surface area contributed by atoms with Gasteiger partial charge in [-0.2, -0.15) is 5.10 Å². The molecule has 1 aromatic carbocycles. The van der Waals surface area contributed by atoms with Crippen LogP contribution in [0, 0.1) is 0 Å². The van der Waals surface area contributed by atoms with E-state index in [1.807, 2.05) is 0 Å². The van der Waals surface area contributed by atoms with E-state index in [4.69, 9.17) is 16.3 Å². The molecule has 1 aromatic heterocycles. The number of nitrogens with one attached hydrogen (secondary N) is 1. The van der Waals surface area contributed by atoms with Crippen molar-refractivity contribution in [3.05, 3.63) is 45.8 Å². The molecular formula is C19H21ClN4O4S2. The molecule has 4 rings (SSSR count). The molecule has 0 atom stereocenters. The maximum atomic E-state index is 13.1. The molecule has 3 heterocycles. The van der Waals surface area contributed by atoms with Crippen LogP contribution >= 0.6 is 22.9 Å². The van der Waals surface area contributed by atoms with Gasteiger partial charge in [0.15, 0.2) is 0 Å². The topological polar surface area (TPSA) is 91.3 Å². The Morgan fingerprint density at radius 3 is 2.67 bits per heavy atom. The Morgan fingerprint density at radius 1 is 1.27 bits per heavy atom. The van der Waals surface area contributed by atoms with Crippen LogP contribution in [0.25, 0.3) is 0 Å². The summed E-state index contributed by atoms with van der Waals surface area (Å²) in [6.45, 7) is 3.77. The van der Waals surface area contributed by atoms with Gasteiger partial charge in [-0.15, -0.1) is 11.3 Å². The van der Waals surface area contributed by atoms with Gasteiger partial charge in [-0.25, -0.2) is 8.42 Å². The molecule has 1 N–H and O–H groups in total. The average molecular weight is 469 g/mol. The number of carbonyl (C=O) groups is 1.